The fourth-order valence-corrected chi connectivity index (χ4v) is 1.75. The van der Waals surface area contributed by atoms with Gasteiger partial charge in [-0.1, -0.05) is 0 Å². The third kappa shape index (κ3) is 5.47. The molecule has 0 saturated heterocycles. The van der Waals surface area contributed by atoms with E-state index >= 15 is 0 Å². The van der Waals surface area contributed by atoms with E-state index in [4.69, 9.17) is 9.84 Å². The molecule has 0 amide bonds. The summed E-state index contributed by atoms with van der Waals surface area (Å²) in [6, 6.07) is 6.46. The molecule has 18 heavy (non-hydrogen) atoms. The Hall–Kier alpha value is -1.13. The maximum Gasteiger partial charge on any atom is 0.123 e. The standard InChI is InChI=1S/C14H22FNO2/c1-12(2)16(9-10-17)8-3-11-18-14-6-4-13(15)5-7-14/h4-7,12,17H,3,8-11H2,1-2H3. The Labute approximate surface area is 108 Å². The minimum atomic E-state index is -0.253. The van der Waals surface area contributed by atoms with Gasteiger partial charge in [0.15, 0.2) is 0 Å². The average molecular weight is 255 g/mol. The molecule has 0 radical (unpaired) electrons. The van der Waals surface area contributed by atoms with Crippen LogP contribution in [0.3, 0.4) is 0 Å². The third-order valence-electron chi connectivity index (χ3n) is 2.79. The lowest BCUT2D eigenvalue weighted by molar-refractivity contribution is 0.155. The highest BCUT2D eigenvalue weighted by molar-refractivity contribution is 5.21. The van der Waals surface area contributed by atoms with Crippen LogP contribution in [0.5, 0.6) is 5.75 Å². The second-order valence-corrected chi connectivity index (χ2v) is 4.51. The van der Waals surface area contributed by atoms with Crippen molar-refractivity contribution in [2.75, 3.05) is 26.3 Å². The molecular weight excluding hydrogens is 233 g/mol. The van der Waals surface area contributed by atoms with Crippen molar-refractivity contribution in [2.45, 2.75) is 26.3 Å². The molecule has 1 aromatic rings. The van der Waals surface area contributed by atoms with Gasteiger partial charge in [-0.05, 0) is 44.5 Å². The van der Waals surface area contributed by atoms with E-state index in [2.05, 4.69) is 18.7 Å². The molecule has 1 rings (SSSR count). The van der Waals surface area contributed by atoms with Crippen molar-refractivity contribution in [3.05, 3.63) is 30.1 Å². The molecule has 0 aliphatic heterocycles. The molecule has 4 heteroatoms. The topological polar surface area (TPSA) is 32.7 Å². The Morgan fingerprint density at radius 2 is 1.89 bits per heavy atom. The van der Waals surface area contributed by atoms with E-state index in [1.54, 1.807) is 12.1 Å². The Bertz CT molecular complexity index is 327. The van der Waals surface area contributed by atoms with Gasteiger partial charge in [-0.25, -0.2) is 4.39 Å². The van der Waals surface area contributed by atoms with Crippen LogP contribution in [0.2, 0.25) is 0 Å². The Kier molecular flexibility index (Phi) is 6.68. The molecule has 0 saturated carbocycles. The SMILES string of the molecule is CC(C)N(CCO)CCCOc1ccc(F)cc1. The van der Waals surface area contributed by atoms with Crippen molar-refractivity contribution in [2.24, 2.45) is 0 Å². The van der Waals surface area contributed by atoms with E-state index < -0.39 is 0 Å². The van der Waals surface area contributed by atoms with Gasteiger partial charge in [0.05, 0.1) is 13.2 Å². The van der Waals surface area contributed by atoms with E-state index in [0.717, 1.165) is 13.0 Å². The third-order valence-corrected chi connectivity index (χ3v) is 2.79. The predicted molar refractivity (Wildman–Crippen MR) is 70.3 cm³/mol. The van der Waals surface area contributed by atoms with Crippen molar-refractivity contribution >= 4 is 0 Å². The minimum absolute atomic E-state index is 0.178. The number of hydrogen-bond donors (Lipinski definition) is 1. The molecule has 0 aliphatic carbocycles. The van der Waals surface area contributed by atoms with E-state index in [-0.39, 0.29) is 12.4 Å². The summed E-state index contributed by atoms with van der Waals surface area (Å²) < 4.78 is 18.2. The van der Waals surface area contributed by atoms with Crippen molar-refractivity contribution in [1.82, 2.24) is 4.90 Å². The van der Waals surface area contributed by atoms with Crippen LogP contribution in [0.1, 0.15) is 20.3 Å². The van der Waals surface area contributed by atoms with Crippen LogP contribution < -0.4 is 4.74 Å². The van der Waals surface area contributed by atoms with Crippen molar-refractivity contribution < 1.29 is 14.2 Å². The highest BCUT2D eigenvalue weighted by Crippen LogP contribution is 2.11. The van der Waals surface area contributed by atoms with E-state index in [0.29, 0.717) is 24.9 Å². The summed E-state index contributed by atoms with van der Waals surface area (Å²) in [7, 11) is 0. The first kappa shape index (κ1) is 14.9. The van der Waals surface area contributed by atoms with Gasteiger partial charge in [0.25, 0.3) is 0 Å². The first-order valence-corrected chi connectivity index (χ1v) is 6.36. The van der Waals surface area contributed by atoms with Crippen molar-refractivity contribution in [1.29, 1.82) is 0 Å². The highest BCUT2D eigenvalue weighted by atomic mass is 19.1. The van der Waals surface area contributed by atoms with Gasteiger partial charge in [-0.15, -0.1) is 0 Å². The molecule has 0 aromatic heterocycles. The molecule has 1 N–H and O–H groups in total. The molecule has 1 aromatic carbocycles. The number of halogens is 1. The molecule has 0 bridgehead atoms. The summed E-state index contributed by atoms with van der Waals surface area (Å²) in [5, 5.41) is 8.94. The lowest BCUT2D eigenvalue weighted by Gasteiger charge is -2.25. The smallest absolute Gasteiger partial charge is 0.123 e. The second-order valence-electron chi connectivity index (χ2n) is 4.51. The number of hydrogen-bond acceptors (Lipinski definition) is 3. The molecule has 0 heterocycles. The molecule has 102 valence electrons. The lowest BCUT2D eigenvalue weighted by atomic mass is 10.3. The predicted octanol–water partition coefficient (Wildman–Crippen LogP) is 2.30. The summed E-state index contributed by atoms with van der Waals surface area (Å²) in [5.74, 6) is 0.436. The molecule has 3 nitrogen and oxygen atoms in total. The quantitative estimate of drug-likeness (QED) is 0.723. The van der Waals surface area contributed by atoms with Gasteiger partial charge < -0.3 is 9.84 Å². The van der Waals surface area contributed by atoms with E-state index in [1.807, 2.05) is 0 Å². The Morgan fingerprint density at radius 1 is 1.22 bits per heavy atom. The summed E-state index contributed by atoms with van der Waals surface area (Å²) in [4.78, 5) is 2.20. The first-order valence-electron chi connectivity index (χ1n) is 6.36. The number of aliphatic hydroxyl groups excluding tert-OH is 1. The fraction of sp³-hybridized carbons (Fsp3) is 0.571. The zero-order valence-corrected chi connectivity index (χ0v) is 11.1. The van der Waals surface area contributed by atoms with Crippen LogP contribution >= 0.6 is 0 Å². The molecule has 0 spiro atoms. The van der Waals surface area contributed by atoms with Crippen LogP contribution in [0, 0.1) is 5.82 Å². The van der Waals surface area contributed by atoms with Gasteiger partial charge in [0.2, 0.25) is 0 Å². The van der Waals surface area contributed by atoms with Gasteiger partial charge >= 0.3 is 0 Å². The van der Waals surface area contributed by atoms with Crippen molar-refractivity contribution in [3.8, 4) is 5.75 Å². The van der Waals surface area contributed by atoms with Crippen molar-refractivity contribution in [3.63, 3.8) is 0 Å². The summed E-state index contributed by atoms with van der Waals surface area (Å²) in [5.41, 5.74) is 0. The zero-order chi connectivity index (χ0) is 13.4. The normalized spacial score (nSPS) is 11.2. The van der Waals surface area contributed by atoms with Gasteiger partial charge in [-0.2, -0.15) is 0 Å². The van der Waals surface area contributed by atoms with Crippen LogP contribution in [0.25, 0.3) is 0 Å². The lowest BCUT2D eigenvalue weighted by Crippen LogP contribution is -2.34. The molecular formula is C14H22FNO2. The second kappa shape index (κ2) is 8.06. The number of aliphatic hydroxyl groups is 1. The minimum Gasteiger partial charge on any atom is -0.494 e. The fourth-order valence-electron chi connectivity index (χ4n) is 1.75. The molecule has 0 unspecified atom stereocenters. The van der Waals surface area contributed by atoms with E-state index in [9.17, 15) is 4.39 Å². The molecule has 0 aliphatic rings. The summed E-state index contributed by atoms with van der Waals surface area (Å²) in [6.07, 6.45) is 0.884. The Balaban J connectivity index is 2.23. The monoisotopic (exact) mass is 255 g/mol. The number of nitrogens with zero attached hydrogens (tertiary/aromatic N) is 1. The van der Waals surface area contributed by atoms with Gasteiger partial charge in [0.1, 0.15) is 11.6 Å². The zero-order valence-electron chi connectivity index (χ0n) is 11.1. The maximum absolute atomic E-state index is 12.7. The van der Waals surface area contributed by atoms with Crippen LogP contribution in [0.15, 0.2) is 24.3 Å². The largest absolute Gasteiger partial charge is 0.494 e. The summed E-state index contributed by atoms with van der Waals surface area (Å²) >= 11 is 0. The van der Waals surface area contributed by atoms with E-state index in [1.165, 1.54) is 12.1 Å². The Morgan fingerprint density at radius 3 is 2.44 bits per heavy atom. The van der Waals surface area contributed by atoms with Crippen LogP contribution in [0.4, 0.5) is 4.39 Å². The van der Waals surface area contributed by atoms with Crippen LogP contribution in [-0.2, 0) is 0 Å². The van der Waals surface area contributed by atoms with Gasteiger partial charge in [-0.3, -0.25) is 4.90 Å². The molecule has 0 fully saturated rings. The summed E-state index contributed by atoms with van der Waals surface area (Å²) in [6.45, 7) is 6.57. The average Bonchev–Trinajstić information content (AvgIpc) is 2.35. The number of rotatable bonds is 8. The van der Waals surface area contributed by atoms with Crippen LogP contribution in [-0.4, -0.2) is 42.4 Å². The number of ether oxygens (including phenoxy) is 1. The number of benzene rings is 1. The first-order chi connectivity index (χ1) is 8.63. The molecule has 0 atom stereocenters. The van der Waals surface area contributed by atoms with Gasteiger partial charge in [0, 0.05) is 19.1 Å². The maximum atomic E-state index is 12.7. The highest BCUT2D eigenvalue weighted by Gasteiger charge is 2.07.